The molecule has 0 radical (unpaired) electrons. The molecular formula is C27H22N2O3. The van der Waals surface area contributed by atoms with Crippen LogP contribution in [0.5, 0.6) is 0 Å². The molecule has 3 amide bonds. The van der Waals surface area contributed by atoms with Gasteiger partial charge >= 0.3 is 0 Å². The highest BCUT2D eigenvalue weighted by Crippen LogP contribution is 2.60. The zero-order valence-corrected chi connectivity index (χ0v) is 17.6. The number of carbonyl (C=O) groups is 3. The maximum Gasteiger partial charge on any atom is 0.235 e. The molecule has 0 unspecified atom stereocenters. The van der Waals surface area contributed by atoms with Crippen molar-refractivity contribution in [2.24, 2.45) is 11.8 Å². The molecule has 3 aliphatic carbocycles. The molecule has 4 aliphatic rings. The van der Waals surface area contributed by atoms with Crippen LogP contribution in [0.25, 0.3) is 0 Å². The summed E-state index contributed by atoms with van der Waals surface area (Å²) in [6, 6.07) is 25.5. The van der Waals surface area contributed by atoms with Crippen LogP contribution in [-0.2, 0) is 14.4 Å². The Balaban J connectivity index is 1.44. The zero-order chi connectivity index (χ0) is 22.0. The number of nitrogens with zero attached hydrogens (tertiary/aromatic N) is 2. The monoisotopic (exact) mass is 422 g/mol. The number of carbonyl (C=O) groups excluding carboxylic acids is 3. The summed E-state index contributed by atoms with van der Waals surface area (Å²) in [4.78, 5) is 42.7. The number of para-hydroxylation sites is 1. The van der Waals surface area contributed by atoms with Crippen LogP contribution in [0, 0.1) is 11.8 Å². The van der Waals surface area contributed by atoms with Crippen molar-refractivity contribution in [3.63, 3.8) is 0 Å². The SMILES string of the molecule is CC(=O)N(CN1C(=O)[C@@H]2C3c4ccccc4C(c4ccccc43)[C@@H]2C1=O)c1ccccc1. The predicted octanol–water partition coefficient (Wildman–Crippen LogP) is 3.89. The zero-order valence-electron chi connectivity index (χ0n) is 17.6. The molecule has 0 aromatic heterocycles. The molecule has 5 heteroatoms. The van der Waals surface area contributed by atoms with Gasteiger partial charge in [-0.3, -0.25) is 24.2 Å². The molecule has 1 heterocycles. The van der Waals surface area contributed by atoms with Crippen molar-refractivity contribution >= 4 is 23.4 Å². The van der Waals surface area contributed by atoms with E-state index in [1.54, 1.807) is 0 Å². The van der Waals surface area contributed by atoms with E-state index in [2.05, 4.69) is 24.3 Å². The third-order valence-electron chi connectivity index (χ3n) is 7.27. The van der Waals surface area contributed by atoms with Gasteiger partial charge in [-0.1, -0.05) is 66.7 Å². The lowest BCUT2D eigenvalue weighted by molar-refractivity contribution is -0.140. The number of hydrogen-bond acceptors (Lipinski definition) is 3. The van der Waals surface area contributed by atoms with Gasteiger partial charge in [0.25, 0.3) is 0 Å². The summed E-state index contributed by atoms with van der Waals surface area (Å²) in [6.07, 6.45) is 0. The number of rotatable bonds is 3. The van der Waals surface area contributed by atoms with Crippen molar-refractivity contribution < 1.29 is 14.4 Å². The molecule has 1 fully saturated rings. The first kappa shape index (κ1) is 19.0. The van der Waals surface area contributed by atoms with Gasteiger partial charge < -0.3 is 0 Å². The van der Waals surface area contributed by atoms with Crippen LogP contribution in [-0.4, -0.2) is 29.3 Å². The Morgan fingerprint density at radius 1 is 0.719 bits per heavy atom. The van der Waals surface area contributed by atoms with Crippen LogP contribution in [0.4, 0.5) is 5.69 Å². The largest absolute Gasteiger partial charge is 0.294 e. The summed E-state index contributed by atoms with van der Waals surface area (Å²) in [6.45, 7) is 1.40. The summed E-state index contributed by atoms with van der Waals surface area (Å²) in [5.41, 5.74) is 5.25. The van der Waals surface area contributed by atoms with Crippen LogP contribution in [0.2, 0.25) is 0 Å². The highest BCUT2D eigenvalue weighted by atomic mass is 16.2. The van der Waals surface area contributed by atoms with Gasteiger partial charge in [0.15, 0.2) is 0 Å². The standard InChI is InChI=1S/C27H22N2O3/c1-16(30)28(17-9-3-2-4-10-17)15-29-26(31)24-22-18-11-5-6-12-19(18)23(25(24)27(29)32)21-14-8-7-13-20(21)22/h2-14,22-25H,15H2,1H3/t22?,23?,24-,25+. The maximum atomic E-state index is 13.7. The Labute approximate surface area is 186 Å². The molecular weight excluding hydrogens is 400 g/mol. The molecule has 2 bridgehead atoms. The van der Waals surface area contributed by atoms with Gasteiger partial charge in [-0.2, -0.15) is 0 Å². The lowest BCUT2D eigenvalue weighted by Crippen LogP contribution is -2.44. The van der Waals surface area contributed by atoms with Crippen molar-refractivity contribution in [3.8, 4) is 0 Å². The Hall–Kier alpha value is -3.73. The second-order valence-corrected chi connectivity index (χ2v) is 8.79. The first-order chi connectivity index (χ1) is 15.6. The summed E-state index contributed by atoms with van der Waals surface area (Å²) in [5, 5.41) is 0. The third-order valence-corrected chi connectivity index (χ3v) is 7.27. The molecule has 5 nitrogen and oxygen atoms in total. The molecule has 7 rings (SSSR count). The van der Waals surface area contributed by atoms with E-state index in [-0.39, 0.29) is 36.2 Å². The molecule has 0 saturated carbocycles. The average molecular weight is 422 g/mol. The van der Waals surface area contributed by atoms with Crippen LogP contribution >= 0.6 is 0 Å². The van der Waals surface area contributed by atoms with Crippen molar-refractivity contribution in [3.05, 3.63) is 101 Å². The van der Waals surface area contributed by atoms with Gasteiger partial charge in [-0.25, -0.2) is 0 Å². The molecule has 32 heavy (non-hydrogen) atoms. The van der Waals surface area contributed by atoms with Gasteiger partial charge in [-0.05, 0) is 34.4 Å². The molecule has 0 N–H and O–H groups in total. The van der Waals surface area contributed by atoms with Gasteiger partial charge in [-0.15, -0.1) is 0 Å². The minimum Gasteiger partial charge on any atom is -0.294 e. The van der Waals surface area contributed by atoms with Gasteiger partial charge in [0.05, 0.1) is 11.8 Å². The molecule has 0 spiro atoms. The van der Waals surface area contributed by atoms with E-state index in [0.29, 0.717) is 5.69 Å². The van der Waals surface area contributed by atoms with Gasteiger partial charge in [0, 0.05) is 24.4 Å². The van der Waals surface area contributed by atoms with E-state index in [9.17, 15) is 14.4 Å². The topological polar surface area (TPSA) is 57.7 Å². The minimum atomic E-state index is -0.429. The second-order valence-electron chi connectivity index (χ2n) is 8.79. The van der Waals surface area contributed by atoms with Crippen molar-refractivity contribution in [1.29, 1.82) is 0 Å². The van der Waals surface area contributed by atoms with Crippen LogP contribution < -0.4 is 4.90 Å². The van der Waals surface area contributed by atoms with E-state index in [4.69, 9.17) is 0 Å². The Bertz CT molecular complexity index is 1150. The van der Waals surface area contributed by atoms with E-state index in [0.717, 1.165) is 22.3 Å². The fourth-order valence-electron chi connectivity index (χ4n) is 5.99. The molecule has 1 aliphatic heterocycles. The van der Waals surface area contributed by atoms with E-state index < -0.39 is 11.8 Å². The number of likely N-dealkylation sites (tertiary alicyclic amines) is 1. The normalized spacial score (nSPS) is 24.7. The van der Waals surface area contributed by atoms with Gasteiger partial charge in [0.1, 0.15) is 6.67 Å². The van der Waals surface area contributed by atoms with Crippen LogP contribution in [0.1, 0.15) is 41.0 Å². The molecule has 3 aromatic carbocycles. The van der Waals surface area contributed by atoms with Crippen molar-refractivity contribution in [1.82, 2.24) is 4.90 Å². The quantitative estimate of drug-likeness (QED) is 0.602. The number of imide groups is 1. The average Bonchev–Trinajstić information content (AvgIpc) is 3.08. The number of amides is 3. The van der Waals surface area contributed by atoms with Crippen molar-refractivity contribution in [2.75, 3.05) is 11.6 Å². The maximum absolute atomic E-state index is 13.7. The molecule has 158 valence electrons. The minimum absolute atomic E-state index is 0.0594. The lowest BCUT2D eigenvalue weighted by Gasteiger charge is -2.45. The predicted molar refractivity (Wildman–Crippen MR) is 120 cm³/mol. The first-order valence-electron chi connectivity index (χ1n) is 10.9. The summed E-state index contributed by atoms with van der Waals surface area (Å²) in [5.74, 6) is -1.70. The number of benzene rings is 3. The molecule has 1 saturated heterocycles. The molecule has 2 atom stereocenters. The van der Waals surface area contributed by atoms with Crippen LogP contribution in [0.3, 0.4) is 0 Å². The highest BCUT2D eigenvalue weighted by molar-refractivity contribution is 6.08. The van der Waals surface area contributed by atoms with E-state index >= 15 is 0 Å². The fraction of sp³-hybridized carbons (Fsp3) is 0.222. The number of hydrogen-bond donors (Lipinski definition) is 0. The second kappa shape index (κ2) is 6.89. The Kier molecular flexibility index (Phi) is 4.09. The van der Waals surface area contributed by atoms with Gasteiger partial charge in [0.2, 0.25) is 17.7 Å². The molecule has 3 aromatic rings. The highest BCUT2D eigenvalue weighted by Gasteiger charge is 2.61. The summed E-state index contributed by atoms with van der Waals surface area (Å²) < 4.78 is 0. The number of anilines is 1. The van der Waals surface area contributed by atoms with Crippen molar-refractivity contribution in [2.45, 2.75) is 18.8 Å². The van der Waals surface area contributed by atoms with Crippen LogP contribution in [0.15, 0.2) is 78.9 Å². The summed E-state index contributed by atoms with van der Waals surface area (Å²) >= 11 is 0. The van der Waals surface area contributed by atoms with E-state index in [1.165, 1.54) is 16.7 Å². The first-order valence-corrected chi connectivity index (χ1v) is 10.9. The summed E-state index contributed by atoms with van der Waals surface area (Å²) in [7, 11) is 0. The smallest absolute Gasteiger partial charge is 0.235 e. The third kappa shape index (κ3) is 2.48. The lowest BCUT2D eigenvalue weighted by atomic mass is 9.55. The Morgan fingerprint density at radius 3 is 1.53 bits per heavy atom. The fourth-order valence-corrected chi connectivity index (χ4v) is 5.99. The van der Waals surface area contributed by atoms with E-state index in [1.807, 2.05) is 54.6 Å². The Morgan fingerprint density at radius 2 is 1.12 bits per heavy atom.